The number of hydrogen-bond donors (Lipinski definition) is 0. The molecule has 0 atom stereocenters. The Hall–Kier alpha value is -0.540. The van der Waals surface area contributed by atoms with Crippen molar-refractivity contribution >= 4 is 29.1 Å². The summed E-state index contributed by atoms with van der Waals surface area (Å²) in [6.45, 7) is 3.75. The summed E-state index contributed by atoms with van der Waals surface area (Å²) < 4.78 is 12.7. The van der Waals surface area contributed by atoms with Crippen molar-refractivity contribution in [2.75, 3.05) is 0 Å². The number of fused-ring (bicyclic) bond motifs is 1. The van der Waals surface area contributed by atoms with Crippen LogP contribution in [0.3, 0.4) is 0 Å². The molecule has 0 radical (unpaired) electrons. The molecule has 4 heteroatoms. The van der Waals surface area contributed by atoms with Gasteiger partial charge in [-0.2, -0.15) is 0 Å². The number of thioether (sulfide) groups is 1. The van der Waals surface area contributed by atoms with Gasteiger partial charge in [-0.15, -0.1) is 11.8 Å². The quantitative estimate of drug-likeness (QED) is 0.693. The van der Waals surface area contributed by atoms with Gasteiger partial charge in [0.1, 0.15) is 5.82 Å². The first-order chi connectivity index (χ1) is 6.93. The molecule has 0 amide bonds. The van der Waals surface area contributed by atoms with Crippen LogP contribution in [-0.4, -0.2) is 10.5 Å². The minimum atomic E-state index is -0.455. The van der Waals surface area contributed by atoms with Gasteiger partial charge in [0.15, 0.2) is 5.78 Å². The van der Waals surface area contributed by atoms with Crippen LogP contribution in [0.4, 0.5) is 4.39 Å². The predicted molar refractivity (Wildman–Crippen MR) is 61.1 cm³/mol. The topological polar surface area (TPSA) is 17.1 Å². The standard InChI is InChI=1S/C11H10ClFOS/c1-11(2)10(14)6-3-4-8(13)9(12)7(6)5-15-11/h3-4H,5H2,1-2H3. The van der Waals surface area contributed by atoms with E-state index >= 15 is 0 Å². The van der Waals surface area contributed by atoms with Gasteiger partial charge < -0.3 is 0 Å². The lowest BCUT2D eigenvalue weighted by Crippen LogP contribution is -2.32. The van der Waals surface area contributed by atoms with E-state index in [1.165, 1.54) is 23.9 Å². The third-order valence-corrected chi connectivity index (χ3v) is 4.31. The van der Waals surface area contributed by atoms with Gasteiger partial charge in [-0.1, -0.05) is 11.6 Å². The number of ketones is 1. The second kappa shape index (κ2) is 3.49. The van der Waals surface area contributed by atoms with Crippen LogP contribution in [-0.2, 0) is 5.75 Å². The Kier molecular flexibility index (Phi) is 2.55. The molecule has 0 saturated heterocycles. The fourth-order valence-corrected chi connectivity index (χ4v) is 2.95. The van der Waals surface area contributed by atoms with Crippen LogP contribution in [0.2, 0.25) is 5.02 Å². The highest BCUT2D eigenvalue weighted by molar-refractivity contribution is 8.00. The molecule has 80 valence electrons. The van der Waals surface area contributed by atoms with Crippen LogP contribution in [0.1, 0.15) is 29.8 Å². The van der Waals surface area contributed by atoms with E-state index in [2.05, 4.69) is 0 Å². The largest absolute Gasteiger partial charge is 0.293 e. The van der Waals surface area contributed by atoms with Crippen LogP contribution < -0.4 is 0 Å². The lowest BCUT2D eigenvalue weighted by Gasteiger charge is -2.29. The smallest absolute Gasteiger partial charge is 0.178 e. The summed E-state index contributed by atoms with van der Waals surface area (Å²) in [5.41, 5.74) is 1.19. The molecule has 2 rings (SSSR count). The molecule has 1 aromatic carbocycles. The van der Waals surface area contributed by atoms with Crippen molar-refractivity contribution in [2.24, 2.45) is 0 Å². The zero-order chi connectivity index (χ0) is 11.2. The van der Waals surface area contributed by atoms with E-state index in [-0.39, 0.29) is 10.8 Å². The molecule has 0 aliphatic carbocycles. The summed E-state index contributed by atoms with van der Waals surface area (Å²) in [6.07, 6.45) is 0. The summed E-state index contributed by atoms with van der Waals surface area (Å²) in [6, 6.07) is 2.78. The zero-order valence-corrected chi connectivity index (χ0v) is 10.0. The fraction of sp³-hybridized carbons (Fsp3) is 0.364. The van der Waals surface area contributed by atoms with Crippen LogP contribution in [0.15, 0.2) is 12.1 Å². The lowest BCUT2D eigenvalue weighted by molar-refractivity contribution is 0.0955. The average molecular weight is 245 g/mol. The highest BCUT2D eigenvalue weighted by Gasteiger charge is 2.36. The van der Waals surface area contributed by atoms with E-state index in [4.69, 9.17) is 11.6 Å². The lowest BCUT2D eigenvalue weighted by atomic mass is 9.95. The summed E-state index contributed by atoms with van der Waals surface area (Å²) in [5.74, 6) is 0.157. The number of Topliss-reactive ketones (excluding diaryl/α,β-unsaturated/α-hetero) is 1. The van der Waals surface area contributed by atoms with E-state index in [0.717, 1.165) is 0 Å². The molecule has 1 aliphatic rings. The minimum Gasteiger partial charge on any atom is -0.293 e. The Balaban J connectivity index is 2.61. The summed E-state index contributed by atoms with van der Waals surface area (Å²) in [4.78, 5) is 12.0. The highest BCUT2D eigenvalue weighted by Crippen LogP contribution is 2.41. The van der Waals surface area contributed by atoms with Crippen molar-refractivity contribution in [1.82, 2.24) is 0 Å². The van der Waals surface area contributed by atoms with Gasteiger partial charge >= 0.3 is 0 Å². The second-order valence-electron chi connectivity index (χ2n) is 4.02. The molecule has 0 bridgehead atoms. The van der Waals surface area contributed by atoms with Crippen LogP contribution >= 0.6 is 23.4 Å². The molecule has 0 spiro atoms. The molecule has 0 N–H and O–H groups in total. The molecule has 1 heterocycles. The highest BCUT2D eigenvalue weighted by atomic mass is 35.5. The van der Waals surface area contributed by atoms with Crippen molar-refractivity contribution < 1.29 is 9.18 Å². The Bertz CT molecular complexity index is 442. The molecule has 0 saturated carbocycles. The van der Waals surface area contributed by atoms with Gasteiger partial charge in [0.2, 0.25) is 0 Å². The predicted octanol–water partition coefficient (Wildman–Crippen LogP) is 3.69. The van der Waals surface area contributed by atoms with Crippen LogP contribution in [0.5, 0.6) is 0 Å². The number of rotatable bonds is 0. The molecule has 1 aliphatic heterocycles. The van der Waals surface area contributed by atoms with E-state index in [0.29, 0.717) is 16.9 Å². The molecule has 1 nitrogen and oxygen atoms in total. The Morgan fingerprint density at radius 3 is 2.80 bits per heavy atom. The van der Waals surface area contributed by atoms with Gasteiger partial charge in [0, 0.05) is 11.3 Å². The first-order valence-corrected chi connectivity index (χ1v) is 5.95. The van der Waals surface area contributed by atoms with Crippen molar-refractivity contribution in [2.45, 2.75) is 24.3 Å². The first-order valence-electron chi connectivity index (χ1n) is 4.59. The van der Waals surface area contributed by atoms with Crippen LogP contribution in [0.25, 0.3) is 0 Å². The summed E-state index contributed by atoms with van der Waals surface area (Å²) in [7, 11) is 0. The van der Waals surface area contributed by atoms with Crippen molar-refractivity contribution in [3.8, 4) is 0 Å². The number of hydrogen-bond acceptors (Lipinski definition) is 2. The van der Waals surface area contributed by atoms with E-state index in [9.17, 15) is 9.18 Å². The maximum Gasteiger partial charge on any atom is 0.178 e. The van der Waals surface area contributed by atoms with Crippen molar-refractivity contribution in [3.63, 3.8) is 0 Å². The van der Waals surface area contributed by atoms with E-state index in [1.54, 1.807) is 0 Å². The first kappa shape index (κ1) is 11.0. The van der Waals surface area contributed by atoms with Gasteiger partial charge in [-0.3, -0.25) is 4.79 Å². The summed E-state index contributed by atoms with van der Waals surface area (Å²) in [5, 5.41) is 0.0869. The van der Waals surface area contributed by atoms with Gasteiger partial charge in [-0.05, 0) is 31.5 Å². The minimum absolute atomic E-state index is 0.0238. The fourth-order valence-electron chi connectivity index (χ4n) is 1.59. The number of halogens is 2. The maximum absolute atomic E-state index is 13.2. The molecule has 0 fully saturated rings. The molecule has 0 unspecified atom stereocenters. The van der Waals surface area contributed by atoms with E-state index in [1.807, 2.05) is 13.8 Å². The normalized spacial score (nSPS) is 18.8. The molecule has 1 aromatic rings. The van der Waals surface area contributed by atoms with Gasteiger partial charge in [0.25, 0.3) is 0 Å². The molecular weight excluding hydrogens is 235 g/mol. The number of benzene rings is 1. The summed E-state index contributed by atoms with van der Waals surface area (Å²) >= 11 is 7.32. The molecule has 15 heavy (non-hydrogen) atoms. The van der Waals surface area contributed by atoms with E-state index < -0.39 is 10.6 Å². The maximum atomic E-state index is 13.2. The second-order valence-corrected chi connectivity index (χ2v) is 5.99. The number of carbonyl (C=O) groups excluding carboxylic acids is 1. The number of carbonyl (C=O) groups is 1. The Morgan fingerprint density at radius 2 is 2.13 bits per heavy atom. The zero-order valence-electron chi connectivity index (χ0n) is 8.43. The third-order valence-electron chi connectivity index (χ3n) is 2.56. The van der Waals surface area contributed by atoms with Crippen molar-refractivity contribution in [1.29, 1.82) is 0 Å². The Morgan fingerprint density at radius 1 is 1.47 bits per heavy atom. The monoisotopic (exact) mass is 244 g/mol. The molecular formula is C11H10ClFOS. The third kappa shape index (κ3) is 1.68. The van der Waals surface area contributed by atoms with Crippen molar-refractivity contribution in [3.05, 3.63) is 34.1 Å². The Labute approximate surface area is 97.0 Å². The average Bonchev–Trinajstić information content (AvgIpc) is 2.17. The SMILES string of the molecule is CC1(C)SCc2c(ccc(F)c2Cl)C1=O. The van der Waals surface area contributed by atoms with Crippen LogP contribution in [0, 0.1) is 5.82 Å². The molecule has 0 aromatic heterocycles. The van der Waals surface area contributed by atoms with Gasteiger partial charge in [-0.25, -0.2) is 4.39 Å². The van der Waals surface area contributed by atoms with Gasteiger partial charge in [0.05, 0.1) is 9.77 Å².